The molecule has 2 atom stereocenters. The molecule has 1 heterocycles. The Hall–Kier alpha value is -0.0800. The molecular formula is C12H26N2. The van der Waals surface area contributed by atoms with Crippen LogP contribution >= 0.6 is 0 Å². The Kier molecular flexibility index (Phi) is 4.90. The van der Waals surface area contributed by atoms with Gasteiger partial charge in [0.15, 0.2) is 0 Å². The first-order chi connectivity index (χ1) is 6.59. The van der Waals surface area contributed by atoms with Crippen LogP contribution in [-0.4, -0.2) is 37.1 Å². The van der Waals surface area contributed by atoms with Gasteiger partial charge < -0.3 is 10.2 Å². The fraction of sp³-hybridized carbons (Fsp3) is 1.00. The Bertz CT molecular complexity index is 146. The van der Waals surface area contributed by atoms with Gasteiger partial charge in [0.25, 0.3) is 0 Å². The molecule has 0 aromatic rings. The highest BCUT2D eigenvalue weighted by atomic mass is 15.2. The van der Waals surface area contributed by atoms with E-state index in [2.05, 4.69) is 38.0 Å². The predicted molar refractivity (Wildman–Crippen MR) is 62.6 cm³/mol. The minimum Gasteiger partial charge on any atom is -0.313 e. The fourth-order valence-electron chi connectivity index (χ4n) is 2.16. The van der Waals surface area contributed by atoms with E-state index in [4.69, 9.17) is 0 Å². The van der Waals surface area contributed by atoms with Gasteiger partial charge in [-0.05, 0) is 45.7 Å². The first-order valence-corrected chi connectivity index (χ1v) is 6.03. The third kappa shape index (κ3) is 3.97. The van der Waals surface area contributed by atoms with Gasteiger partial charge in [-0.2, -0.15) is 0 Å². The zero-order chi connectivity index (χ0) is 10.6. The number of likely N-dealkylation sites (N-methyl/N-ethyl adjacent to an activating group) is 1. The quantitative estimate of drug-likeness (QED) is 0.681. The van der Waals surface area contributed by atoms with Crippen LogP contribution in [0.25, 0.3) is 0 Å². The number of likely N-dealkylation sites (tertiary alicyclic amines) is 1. The molecule has 1 aliphatic heterocycles. The molecule has 0 amide bonds. The molecule has 0 aromatic carbocycles. The molecule has 0 aliphatic carbocycles. The number of rotatable bonds is 5. The molecule has 2 heteroatoms. The Morgan fingerprint density at radius 2 is 2.14 bits per heavy atom. The van der Waals surface area contributed by atoms with E-state index in [9.17, 15) is 0 Å². The summed E-state index contributed by atoms with van der Waals surface area (Å²) in [5.74, 6) is 0.849. The molecule has 1 saturated heterocycles. The monoisotopic (exact) mass is 198 g/mol. The summed E-state index contributed by atoms with van der Waals surface area (Å²) in [6.07, 6.45) is 4.00. The minimum absolute atomic E-state index is 0.738. The first-order valence-electron chi connectivity index (χ1n) is 6.03. The largest absolute Gasteiger partial charge is 0.313 e. The molecule has 0 bridgehead atoms. The van der Waals surface area contributed by atoms with E-state index < -0.39 is 0 Å². The molecule has 1 rings (SSSR count). The van der Waals surface area contributed by atoms with Crippen LogP contribution in [0.3, 0.4) is 0 Å². The van der Waals surface area contributed by atoms with Crippen molar-refractivity contribution in [2.75, 3.05) is 20.1 Å². The van der Waals surface area contributed by atoms with Gasteiger partial charge in [0.05, 0.1) is 0 Å². The van der Waals surface area contributed by atoms with E-state index in [1.807, 2.05) is 0 Å². The zero-order valence-corrected chi connectivity index (χ0v) is 10.2. The zero-order valence-electron chi connectivity index (χ0n) is 10.2. The van der Waals surface area contributed by atoms with Gasteiger partial charge in [-0.15, -0.1) is 0 Å². The van der Waals surface area contributed by atoms with E-state index >= 15 is 0 Å². The normalized spacial score (nSPS) is 28.9. The van der Waals surface area contributed by atoms with Crippen LogP contribution in [0.15, 0.2) is 0 Å². The Morgan fingerprint density at radius 3 is 2.64 bits per heavy atom. The van der Waals surface area contributed by atoms with Crippen LogP contribution in [0.5, 0.6) is 0 Å². The van der Waals surface area contributed by atoms with E-state index in [1.165, 1.54) is 32.4 Å². The molecule has 14 heavy (non-hydrogen) atoms. The minimum atomic E-state index is 0.738. The molecule has 1 fully saturated rings. The maximum absolute atomic E-state index is 3.66. The summed E-state index contributed by atoms with van der Waals surface area (Å²) in [6.45, 7) is 9.33. The van der Waals surface area contributed by atoms with Gasteiger partial charge in [-0.1, -0.05) is 13.8 Å². The third-order valence-corrected chi connectivity index (χ3v) is 3.28. The molecule has 0 spiro atoms. The predicted octanol–water partition coefficient (Wildman–Crippen LogP) is 2.10. The lowest BCUT2D eigenvalue weighted by atomic mass is 10.1. The van der Waals surface area contributed by atoms with Crippen molar-refractivity contribution < 1.29 is 0 Å². The highest BCUT2D eigenvalue weighted by Gasteiger charge is 2.24. The van der Waals surface area contributed by atoms with Gasteiger partial charge >= 0.3 is 0 Å². The van der Waals surface area contributed by atoms with Gasteiger partial charge in [0.1, 0.15) is 0 Å². The second kappa shape index (κ2) is 5.72. The molecule has 1 N–H and O–H groups in total. The number of hydrogen-bond acceptors (Lipinski definition) is 2. The fourth-order valence-corrected chi connectivity index (χ4v) is 2.16. The Balaban J connectivity index is 2.03. The molecule has 0 aromatic heterocycles. The van der Waals surface area contributed by atoms with Gasteiger partial charge in [0, 0.05) is 18.6 Å². The van der Waals surface area contributed by atoms with Crippen molar-refractivity contribution in [3.8, 4) is 0 Å². The van der Waals surface area contributed by atoms with E-state index in [0.717, 1.165) is 18.0 Å². The van der Waals surface area contributed by atoms with Gasteiger partial charge in [0.2, 0.25) is 0 Å². The van der Waals surface area contributed by atoms with E-state index in [0.29, 0.717) is 0 Å². The summed E-state index contributed by atoms with van der Waals surface area (Å²) in [5.41, 5.74) is 0. The van der Waals surface area contributed by atoms with Crippen LogP contribution in [-0.2, 0) is 0 Å². The third-order valence-electron chi connectivity index (χ3n) is 3.28. The van der Waals surface area contributed by atoms with Gasteiger partial charge in [-0.3, -0.25) is 0 Å². The lowest BCUT2D eigenvalue weighted by Crippen LogP contribution is -2.32. The Labute approximate surface area is 89.1 Å². The Morgan fingerprint density at radius 1 is 1.43 bits per heavy atom. The molecule has 0 saturated carbocycles. The molecule has 1 aliphatic rings. The van der Waals surface area contributed by atoms with Crippen molar-refractivity contribution in [3.05, 3.63) is 0 Å². The highest BCUT2D eigenvalue weighted by Crippen LogP contribution is 2.14. The van der Waals surface area contributed by atoms with E-state index in [1.54, 1.807) is 0 Å². The smallest absolute Gasteiger partial charge is 0.0209 e. The van der Waals surface area contributed by atoms with Crippen molar-refractivity contribution in [1.82, 2.24) is 10.2 Å². The van der Waals surface area contributed by atoms with Crippen molar-refractivity contribution in [3.63, 3.8) is 0 Å². The van der Waals surface area contributed by atoms with Crippen LogP contribution < -0.4 is 5.32 Å². The lowest BCUT2D eigenvalue weighted by molar-refractivity contribution is 0.326. The topological polar surface area (TPSA) is 15.3 Å². The molecule has 0 radical (unpaired) electrons. The summed E-state index contributed by atoms with van der Waals surface area (Å²) in [6, 6.07) is 1.50. The SMILES string of the molecule is CC(C)CCCNC1CC(C)N(C)C1. The van der Waals surface area contributed by atoms with Crippen molar-refractivity contribution >= 4 is 0 Å². The summed E-state index contributed by atoms with van der Waals surface area (Å²) < 4.78 is 0. The van der Waals surface area contributed by atoms with Crippen LogP contribution in [0.4, 0.5) is 0 Å². The van der Waals surface area contributed by atoms with Crippen molar-refractivity contribution in [2.24, 2.45) is 5.92 Å². The maximum Gasteiger partial charge on any atom is 0.0209 e. The molecule has 84 valence electrons. The second-order valence-corrected chi connectivity index (χ2v) is 5.21. The average molecular weight is 198 g/mol. The highest BCUT2D eigenvalue weighted by molar-refractivity contribution is 4.84. The maximum atomic E-state index is 3.66. The number of nitrogens with zero attached hydrogens (tertiary/aromatic N) is 1. The second-order valence-electron chi connectivity index (χ2n) is 5.21. The van der Waals surface area contributed by atoms with Gasteiger partial charge in [-0.25, -0.2) is 0 Å². The van der Waals surface area contributed by atoms with Crippen molar-refractivity contribution in [1.29, 1.82) is 0 Å². The first kappa shape index (κ1) is 12.0. The summed E-state index contributed by atoms with van der Waals surface area (Å²) in [4.78, 5) is 2.44. The molecular weight excluding hydrogens is 172 g/mol. The van der Waals surface area contributed by atoms with Crippen molar-refractivity contribution in [2.45, 2.75) is 52.1 Å². The summed E-state index contributed by atoms with van der Waals surface area (Å²) in [7, 11) is 2.22. The average Bonchev–Trinajstić information content (AvgIpc) is 2.40. The standard InChI is InChI=1S/C12H26N2/c1-10(2)6-5-7-13-12-8-11(3)14(4)9-12/h10-13H,5-9H2,1-4H3. The van der Waals surface area contributed by atoms with Crippen LogP contribution in [0, 0.1) is 5.92 Å². The number of nitrogens with one attached hydrogen (secondary N) is 1. The van der Waals surface area contributed by atoms with E-state index in [-0.39, 0.29) is 0 Å². The van der Waals surface area contributed by atoms with Crippen LogP contribution in [0.1, 0.15) is 40.0 Å². The number of hydrogen-bond donors (Lipinski definition) is 1. The summed E-state index contributed by atoms with van der Waals surface area (Å²) >= 11 is 0. The lowest BCUT2D eigenvalue weighted by Gasteiger charge is -2.13. The molecule has 2 nitrogen and oxygen atoms in total. The summed E-state index contributed by atoms with van der Waals surface area (Å²) in [5, 5.41) is 3.66. The molecule has 2 unspecified atom stereocenters. The van der Waals surface area contributed by atoms with Crippen LogP contribution in [0.2, 0.25) is 0 Å².